The molecule has 0 bridgehead atoms. The lowest BCUT2D eigenvalue weighted by molar-refractivity contribution is -0.123. The lowest BCUT2D eigenvalue weighted by Gasteiger charge is -2.32. The topological polar surface area (TPSA) is 258 Å². The van der Waals surface area contributed by atoms with Gasteiger partial charge < -0.3 is 56.7 Å². The van der Waals surface area contributed by atoms with Crippen LogP contribution >= 0.6 is 7.60 Å². The Morgan fingerprint density at radius 2 is 1.68 bits per heavy atom. The van der Waals surface area contributed by atoms with Gasteiger partial charge in [-0.1, -0.05) is 31.4 Å². The minimum Gasteiger partial charge on any atom is -0.423 e. The minimum atomic E-state index is -4.20. The number of aryl methyl sites for hydroxylation is 1. The normalized spacial score (nSPS) is 16.5. The van der Waals surface area contributed by atoms with Gasteiger partial charge >= 0.3 is 7.60 Å². The Morgan fingerprint density at radius 3 is 2.48 bits per heavy atom. The largest absolute Gasteiger partial charge is 0.423 e. The maximum absolute atomic E-state index is 12.3. The predicted octanol–water partition coefficient (Wildman–Crippen LogP) is 1.85. The van der Waals surface area contributed by atoms with Crippen LogP contribution in [0.2, 0.25) is 0 Å². The van der Waals surface area contributed by atoms with Crippen molar-refractivity contribution < 1.29 is 28.4 Å². The number of amides is 2. The van der Waals surface area contributed by atoms with Gasteiger partial charge in [0.05, 0.1) is 24.3 Å². The fraction of sp³-hybridized carbons (Fsp3) is 0.676. The number of para-hydroxylation sites is 1. The molecule has 19 heteroatoms. The van der Waals surface area contributed by atoms with Crippen molar-refractivity contribution in [1.29, 1.82) is 0 Å². The summed E-state index contributed by atoms with van der Waals surface area (Å²) >= 11 is 0. The fourth-order valence-corrected chi connectivity index (χ4v) is 7.41. The summed E-state index contributed by atoms with van der Waals surface area (Å²) in [6.07, 6.45) is 11.1. The van der Waals surface area contributed by atoms with Gasteiger partial charge in [-0.3, -0.25) is 14.2 Å². The SMILES string of the molecule is N[C@@H](CCC(=O)NCCN1CCC(Nc2nc(NCc3nnc(CCCNCCCNC4CCCCC4)o3)nc3ccccc23)CC1)C(=O)NCCP(=O)(O)O. The monoisotopic (exact) mass is 800 g/mol. The lowest BCUT2D eigenvalue weighted by atomic mass is 9.95. The Kier molecular flexibility index (Phi) is 17.7. The van der Waals surface area contributed by atoms with Crippen LogP contribution in [0.25, 0.3) is 10.9 Å². The molecule has 0 radical (unpaired) electrons. The predicted molar refractivity (Wildman–Crippen MR) is 215 cm³/mol. The number of rotatable bonds is 24. The smallest absolute Gasteiger partial charge is 0.327 e. The molecule has 1 aromatic carbocycles. The van der Waals surface area contributed by atoms with Crippen LogP contribution in [-0.2, 0) is 27.1 Å². The molecule has 2 aromatic heterocycles. The third-order valence-electron chi connectivity index (χ3n) is 10.2. The van der Waals surface area contributed by atoms with Gasteiger partial charge in [0, 0.05) is 63.0 Å². The van der Waals surface area contributed by atoms with Crippen molar-refractivity contribution in [3.63, 3.8) is 0 Å². The molecule has 0 unspecified atom stereocenters. The molecule has 56 heavy (non-hydrogen) atoms. The van der Waals surface area contributed by atoms with E-state index in [9.17, 15) is 14.2 Å². The molecule has 310 valence electrons. The molecule has 3 aromatic rings. The third-order valence-corrected chi connectivity index (χ3v) is 11.0. The van der Waals surface area contributed by atoms with Crippen molar-refractivity contribution in [2.24, 2.45) is 5.73 Å². The van der Waals surface area contributed by atoms with Gasteiger partial charge in [0.1, 0.15) is 5.82 Å². The summed E-state index contributed by atoms with van der Waals surface area (Å²) in [6.45, 7) is 6.01. The molecule has 18 nitrogen and oxygen atoms in total. The second-order valence-electron chi connectivity index (χ2n) is 14.8. The number of benzene rings is 1. The first-order valence-electron chi connectivity index (χ1n) is 20.2. The van der Waals surface area contributed by atoms with Gasteiger partial charge in [0.25, 0.3) is 0 Å². The average Bonchev–Trinajstić information content (AvgIpc) is 3.65. The molecule has 2 fully saturated rings. The number of likely N-dealkylation sites (tertiary alicyclic amines) is 1. The van der Waals surface area contributed by atoms with Crippen LogP contribution in [0.1, 0.15) is 82.4 Å². The molecule has 5 rings (SSSR count). The summed E-state index contributed by atoms with van der Waals surface area (Å²) in [5.74, 6) is 1.61. The van der Waals surface area contributed by atoms with E-state index in [0.29, 0.717) is 43.4 Å². The van der Waals surface area contributed by atoms with E-state index in [2.05, 4.69) is 47.0 Å². The van der Waals surface area contributed by atoms with Gasteiger partial charge in [0.15, 0.2) is 0 Å². The molecular formula is C37H61N12O6P. The van der Waals surface area contributed by atoms with E-state index in [-0.39, 0.29) is 31.3 Å². The van der Waals surface area contributed by atoms with Crippen molar-refractivity contribution >= 4 is 42.1 Å². The van der Waals surface area contributed by atoms with E-state index in [1.807, 2.05) is 24.3 Å². The zero-order chi connectivity index (χ0) is 39.6. The average molecular weight is 801 g/mol. The van der Waals surface area contributed by atoms with Crippen LogP contribution in [0.3, 0.4) is 0 Å². The summed E-state index contributed by atoms with van der Waals surface area (Å²) in [5, 5.41) is 28.8. The summed E-state index contributed by atoms with van der Waals surface area (Å²) in [5.41, 5.74) is 6.65. The van der Waals surface area contributed by atoms with Gasteiger partial charge in [0.2, 0.25) is 29.5 Å². The van der Waals surface area contributed by atoms with E-state index in [1.165, 1.54) is 32.1 Å². The number of fused-ring (bicyclic) bond motifs is 1. The summed E-state index contributed by atoms with van der Waals surface area (Å²) < 4.78 is 16.8. The molecule has 10 N–H and O–H groups in total. The van der Waals surface area contributed by atoms with E-state index in [0.717, 1.165) is 81.5 Å². The van der Waals surface area contributed by atoms with Crippen molar-refractivity contribution in [1.82, 2.24) is 46.3 Å². The Hall–Kier alpha value is -3.77. The number of piperidine rings is 1. The number of carbonyl (C=O) groups excluding carboxylic acids is 2. The van der Waals surface area contributed by atoms with Crippen LogP contribution in [0, 0.1) is 0 Å². The van der Waals surface area contributed by atoms with Crippen molar-refractivity contribution in [3.8, 4) is 0 Å². The van der Waals surface area contributed by atoms with Crippen LogP contribution in [0.15, 0.2) is 28.7 Å². The molecule has 1 aliphatic heterocycles. The van der Waals surface area contributed by atoms with Crippen LogP contribution in [0.4, 0.5) is 11.8 Å². The highest BCUT2D eigenvalue weighted by atomic mass is 31.2. The molecule has 3 heterocycles. The van der Waals surface area contributed by atoms with E-state index in [1.54, 1.807) is 0 Å². The van der Waals surface area contributed by atoms with Crippen LogP contribution in [0.5, 0.6) is 0 Å². The molecule has 0 spiro atoms. The van der Waals surface area contributed by atoms with Crippen molar-refractivity contribution in [2.45, 2.75) is 102 Å². The van der Waals surface area contributed by atoms with Gasteiger partial charge in [-0.2, -0.15) is 4.98 Å². The second kappa shape index (κ2) is 22.8. The number of nitrogens with two attached hydrogens (primary N) is 1. The van der Waals surface area contributed by atoms with Crippen molar-refractivity contribution in [3.05, 3.63) is 36.0 Å². The third kappa shape index (κ3) is 15.6. The quantitative estimate of drug-likeness (QED) is 0.0463. The van der Waals surface area contributed by atoms with Crippen molar-refractivity contribution in [2.75, 3.05) is 69.2 Å². The number of hydrogen-bond donors (Lipinski definition) is 9. The minimum absolute atomic E-state index is 0.0788. The van der Waals surface area contributed by atoms with Crippen LogP contribution < -0.4 is 37.6 Å². The number of anilines is 2. The highest BCUT2D eigenvalue weighted by Gasteiger charge is 2.22. The molecule has 1 atom stereocenters. The Balaban J connectivity index is 0.967. The number of hydrogen-bond acceptors (Lipinski definition) is 14. The van der Waals surface area contributed by atoms with Gasteiger partial charge in [-0.05, 0) is 76.7 Å². The summed E-state index contributed by atoms with van der Waals surface area (Å²) in [6, 6.07) is 7.91. The lowest BCUT2D eigenvalue weighted by Crippen LogP contribution is -2.43. The Morgan fingerprint density at radius 1 is 0.911 bits per heavy atom. The number of nitrogens with one attached hydrogen (secondary N) is 6. The summed E-state index contributed by atoms with van der Waals surface area (Å²) in [4.78, 5) is 54.0. The number of aromatic nitrogens is 4. The van der Waals surface area contributed by atoms with E-state index in [4.69, 9.17) is 29.9 Å². The first kappa shape index (κ1) is 43.4. The van der Waals surface area contributed by atoms with E-state index >= 15 is 0 Å². The maximum Gasteiger partial charge on any atom is 0.327 e. The highest BCUT2D eigenvalue weighted by molar-refractivity contribution is 7.51. The van der Waals surface area contributed by atoms with E-state index < -0.39 is 25.7 Å². The first-order valence-corrected chi connectivity index (χ1v) is 22.0. The molecule has 1 saturated heterocycles. The molecule has 2 aliphatic rings. The summed E-state index contributed by atoms with van der Waals surface area (Å²) in [7, 11) is -4.20. The maximum atomic E-state index is 12.3. The second-order valence-corrected chi connectivity index (χ2v) is 16.6. The Labute approximate surface area is 328 Å². The molecule has 2 amide bonds. The molecule has 1 saturated carbocycles. The fourth-order valence-electron chi connectivity index (χ4n) is 7.01. The highest BCUT2D eigenvalue weighted by Crippen LogP contribution is 2.32. The van der Waals surface area contributed by atoms with Gasteiger partial charge in [-0.15, -0.1) is 10.2 Å². The molecular weight excluding hydrogens is 739 g/mol. The first-order chi connectivity index (χ1) is 27.1. The van der Waals surface area contributed by atoms with Crippen LogP contribution in [-0.4, -0.2) is 123 Å². The zero-order valence-corrected chi connectivity index (χ0v) is 33.3. The zero-order valence-electron chi connectivity index (χ0n) is 32.4. The van der Waals surface area contributed by atoms with Gasteiger partial charge in [-0.25, -0.2) is 4.98 Å². The number of nitrogens with zero attached hydrogens (tertiary/aromatic N) is 5. The molecule has 1 aliphatic carbocycles. The number of carbonyl (C=O) groups is 2. The Bertz CT molecular complexity index is 1700. The standard InChI is InChI=1S/C37H61N12O6P/c38-30(36(51)42-21-25-56(52,53)54)13-14-32(50)41-20-24-49-22-15-28(16-23-49)44-35-29-10-4-5-11-31(29)45-37(46-35)43-26-34-48-47-33(55-34)12-6-17-39-18-7-19-40-27-8-2-1-3-9-27/h4-5,10-11,27-28,30,39-40H,1-3,6-9,12-26,38H2,(H,41,50)(H,42,51)(H2,52,53,54)(H2,43,44,45,46)/t30-/m0/s1.